The Morgan fingerprint density at radius 2 is 2.13 bits per heavy atom. The Hall–Kier alpha value is -2.06. The molecule has 0 aliphatic rings. The highest BCUT2D eigenvalue weighted by atomic mass is 32.1. The maximum Gasteiger partial charge on any atom is 0.280 e. The molecule has 1 N–H and O–H groups in total. The summed E-state index contributed by atoms with van der Waals surface area (Å²) < 4.78 is 10.5. The summed E-state index contributed by atoms with van der Waals surface area (Å²) >= 11 is 1.28. The van der Waals surface area contributed by atoms with Crippen molar-refractivity contribution in [2.75, 3.05) is 26.4 Å². The van der Waals surface area contributed by atoms with Gasteiger partial charge >= 0.3 is 0 Å². The molecule has 0 atom stereocenters. The Morgan fingerprint density at radius 1 is 1.26 bits per heavy atom. The molecule has 2 heterocycles. The van der Waals surface area contributed by atoms with E-state index in [4.69, 9.17) is 9.47 Å². The van der Waals surface area contributed by atoms with E-state index in [1.54, 1.807) is 18.6 Å². The molecule has 124 valence electrons. The van der Waals surface area contributed by atoms with Crippen molar-refractivity contribution >= 4 is 17.2 Å². The van der Waals surface area contributed by atoms with E-state index in [-0.39, 0.29) is 5.91 Å². The first-order valence-corrected chi connectivity index (χ1v) is 8.33. The molecule has 0 aliphatic carbocycles. The molecule has 2 aromatic heterocycles. The minimum Gasteiger partial charge on any atom is -0.477 e. The largest absolute Gasteiger partial charge is 0.477 e. The van der Waals surface area contributed by atoms with Crippen LogP contribution in [0.5, 0.6) is 5.88 Å². The third kappa shape index (κ3) is 5.26. The lowest BCUT2D eigenvalue weighted by Crippen LogP contribution is -2.25. The fourth-order valence-corrected chi connectivity index (χ4v) is 2.56. The average molecular weight is 336 g/mol. The fraction of sp³-hybridized carbons (Fsp3) is 0.467. The van der Waals surface area contributed by atoms with Crippen LogP contribution in [0.15, 0.2) is 18.6 Å². The predicted octanol–water partition coefficient (Wildman–Crippen LogP) is 2.16. The normalized spacial score (nSPS) is 10.5. The fourth-order valence-electron chi connectivity index (χ4n) is 1.78. The number of thiazole rings is 1. The lowest BCUT2D eigenvalue weighted by Gasteiger charge is -2.03. The van der Waals surface area contributed by atoms with Gasteiger partial charge in [0.25, 0.3) is 5.91 Å². The highest BCUT2D eigenvalue weighted by Gasteiger charge is 2.13. The molecule has 0 aliphatic heterocycles. The molecule has 0 saturated heterocycles. The molecule has 7 nitrogen and oxygen atoms in total. The summed E-state index contributed by atoms with van der Waals surface area (Å²) in [6, 6.07) is 0. The minimum absolute atomic E-state index is 0.188. The van der Waals surface area contributed by atoms with Crippen molar-refractivity contribution in [3.8, 4) is 16.5 Å². The predicted molar refractivity (Wildman–Crippen MR) is 87.8 cm³/mol. The van der Waals surface area contributed by atoms with Gasteiger partial charge in [-0.2, -0.15) is 0 Å². The summed E-state index contributed by atoms with van der Waals surface area (Å²) in [5, 5.41) is 3.23. The quantitative estimate of drug-likeness (QED) is 0.706. The van der Waals surface area contributed by atoms with Gasteiger partial charge in [0.15, 0.2) is 5.01 Å². The number of hydrogen-bond acceptors (Lipinski definition) is 7. The van der Waals surface area contributed by atoms with Crippen LogP contribution in [-0.4, -0.2) is 47.2 Å². The van der Waals surface area contributed by atoms with Crippen LogP contribution >= 0.6 is 11.3 Å². The number of aromatic nitrogens is 3. The Labute approximate surface area is 139 Å². The van der Waals surface area contributed by atoms with Gasteiger partial charge in [-0.05, 0) is 20.3 Å². The van der Waals surface area contributed by atoms with E-state index in [2.05, 4.69) is 20.3 Å². The zero-order chi connectivity index (χ0) is 16.5. The standard InChI is InChI=1S/C15H20N4O3S/c1-3-21-7-5-6-17-14(20)15-18-9-12(23-15)11-8-16-10-13(19-11)22-4-2/h8-10H,3-7H2,1-2H3,(H,17,20). The summed E-state index contributed by atoms with van der Waals surface area (Å²) in [7, 11) is 0. The SMILES string of the molecule is CCOCCCNC(=O)c1ncc(-c2cncc(OCC)n2)s1. The van der Waals surface area contributed by atoms with Crippen LogP contribution in [0, 0.1) is 0 Å². The number of hydrogen-bond donors (Lipinski definition) is 1. The van der Waals surface area contributed by atoms with E-state index in [0.717, 1.165) is 11.3 Å². The maximum absolute atomic E-state index is 12.0. The lowest BCUT2D eigenvalue weighted by atomic mass is 10.4. The summed E-state index contributed by atoms with van der Waals surface area (Å²) in [5.41, 5.74) is 0.642. The van der Waals surface area contributed by atoms with Crippen molar-refractivity contribution in [1.82, 2.24) is 20.3 Å². The van der Waals surface area contributed by atoms with Crippen molar-refractivity contribution in [2.24, 2.45) is 0 Å². The van der Waals surface area contributed by atoms with E-state index >= 15 is 0 Å². The van der Waals surface area contributed by atoms with Crippen molar-refractivity contribution in [2.45, 2.75) is 20.3 Å². The topological polar surface area (TPSA) is 86.2 Å². The van der Waals surface area contributed by atoms with Gasteiger partial charge in [-0.15, -0.1) is 11.3 Å². The van der Waals surface area contributed by atoms with Gasteiger partial charge in [0.2, 0.25) is 5.88 Å². The number of nitrogens with one attached hydrogen (secondary N) is 1. The van der Waals surface area contributed by atoms with Gasteiger partial charge in [-0.1, -0.05) is 0 Å². The van der Waals surface area contributed by atoms with Gasteiger partial charge in [0.05, 0.1) is 23.9 Å². The molecule has 0 unspecified atom stereocenters. The van der Waals surface area contributed by atoms with Crippen molar-refractivity contribution < 1.29 is 14.3 Å². The molecule has 23 heavy (non-hydrogen) atoms. The van der Waals surface area contributed by atoms with Crippen LogP contribution in [0.3, 0.4) is 0 Å². The van der Waals surface area contributed by atoms with Gasteiger partial charge in [0.1, 0.15) is 5.69 Å². The molecule has 0 aromatic carbocycles. The number of carbonyl (C=O) groups is 1. The molecule has 2 rings (SSSR count). The first-order valence-electron chi connectivity index (χ1n) is 7.51. The van der Waals surface area contributed by atoms with Crippen LogP contribution in [-0.2, 0) is 4.74 Å². The molecule has 1 amide bonds. The highest BCUT2D eigenvalue weighted by molar-refractivity contribution is 7.16. The Morgan fingerprint density at radius 3 is 2.91 bits per heavy atom. The zero-order valence-electron chi connectivity index (χ0n) is 13.2. The molecule has 0 spiro atoms. The Balaban J connectivity index is 1.94. The van der Waals surface area contributed by atoms with Crippen molar-refractivity contribution in [3.63, 3.8) is 0 Å². The van der Waals surface area contributed by atoms with Crippen LogP contribution < -0.4 is 10.1 Å². The Bertz CT molecular complexity index is 633. The first kappa shape index (κ1) is 17.3. The zero-order valence-corrected chi connectivity index (χ0v) is 14.1. The first-order chi connectivity index (χ1) is 11.2. The van der Waals surface area contributed by atoms with Crippen LogP contribution in [0.1, 0.15) is 30.1 Å². The molecule has 2 aromatic rings. The van der Waals surface area contributed by atoms with Crippen molar-refractivity contribution in [1.29, 1.82) is 0 Å². The van der Waals surface area contributed by atoms with Gasteiger partial charge in [-0.3, -0.25) is 9.78 Å². The second-order valence-corrected chi connectivity index (χ2v) is 5.54. The number of amides is 1. The summed E-state index contributed by atoms with van der Waals surface area (Å²) in [5.74, 6) is 0.270. The molecular weight excluding hydrogens is 316 g/mol. The number of rotatable bonds is 9. The molecule has 0 fully saturated rings. The third-order valence-electron chi connectivity index (χ3n) is 2.81. The van der Waals surface area contributed by atoms with E-state index < -0.39 is 0 Å². The van der Waals surface area contributed by atoms with Crippen LogP contribution in [0.4, 0.5) is 0 Å². The third-order valence-corrected chi connectivity index (χ3v) is 3.83. The molecule has 8 heteroatoms. The van der Waals surface area contributed by atoms with E-state index in [1.807, 2.05) is 13.8 Å². The van der Waals surface area contributed by atoms with Gasteiger partial charge < -0.3 is 14.8 Å². The van der Waals surface area contributed by atoms with Gasteiger partial charge in [0, 0.05) is 26.0 Å². The van der Waals surface area contributed by atoms with Gasteiger partial charge in [-0.25, -0.2) is 9.97 Å². The van der Waals surface area contributed by atoms with Crippen molar-refractivity contribution in [3.05, 3.63) is 23.6 Å². The summed E-state index contributed by atoms with van der Waals surface area (Å²) in [6.45, 7) is 6.24. The number of ether oxygens (including phenoxy) is 2. The van der Waals surface area contributed by atoms with E-state index in [1.165, 1.54) is 11.3 Å². The molecular formula is C15H20N4O3S. The number of carbonyl (C=O) groups excluding carboxylic acids is 1. The lowest BCUT2D eigenvalue weighted by molar-refractivity contribution is 0.0944. The van der Waals surface area contributed by atoms with E-state index in [9.17, 15) is 4.79 Å². The molecule has 0 saturated carbocycles. The van der Waals surface area contributed by atoms with Crippen LogP contribution in [0.2, 0.25) is 0 Å². The Kier molecular flexibility index (Phi) is 6.89. The number of nitrogens with zero attached hydrogens (tertiary/aromatic N) is 3. The van der Waals surface area contributed by atoms with E-state index in [0.29, 0.717) is 42.9 Å². The second kappa shape index (κ2) is 9.16. The smallest absolute Gasteiger partial charge is 0.280 e. The maximum atomic E-state index is 12.0. The summed E-state index contributed by atoms with van der Waals surface area (Å²) in [6.07, 6.45) is 5.58. The monoisotopic (exact) mass is 336 g/mol. The van der Waals surface area contributed by atoms with Crippen LogP contribution in [0.25, 0.3) is 10.6 Å². The highest BCUT2D eigenvalue weighted by Crippen LogP contribution is 2.25. The average Bonchev–Trinajstić information content (AvgIpc) is 3.05. The minimum atomic E-state index is -0.188. The second-order valence-electron chi connectivity index (χ2n) is 4.51. The summed E-state index contributed by atoms with van der Waals surface area (Å²) in [4.78, 5) is 25.4. The molecule has 0 bridgehead atoms. The molecule has 0 radical (unpaired) electrons.